The minimum Gasteiger partial charge on any atom is -0.378 e. The number of anilines is 15. The predicted molar refractivity (Wildman–Crippen MR) is 591 cm³/mol. The summed E-state index contributed by atoms with van der Waals surface area (Å²) in [4.78, 5) is 65.3. The number of sulfone groups is 2. The molecule has 0 saturated heterocycles. The van der Waals surface area contributed by atoms with E-state index in [4.69, 9.17) is 0 Å². The van der Waals surface area contributed by atoms with E-state index in [1.54, 1.807) is 85.8 Å². The van der Waals surface area contributed by atoms with Gasteiger partial charge in [-0.1, -0.05) is 121 Å². The maximum absolute atomic E-state index is 11.9. The summed E-state index contributed by atoms with van der Waals surface area (Å²) >= 11 is 0. The zero-order valence-electron chi connectivity index (χ0n) is 82.7. The molecule has 23 rings (SSSR count). The highest BCUT2D eigenvalue weighted by Gasteiger charge is 2.22. The first kappa shape index (κ1) is 97.1. The summed E-state index contributed by atoms with van der Waals surface area (Å²) in [5.41, 5.74) is 26.4. The third-order valence-electron chi connectivity index (χ3n) is 24.3. The first-order chi connectivity index (χ1) is 71.2. The van der Waals surface area contributed by atoms with E-state index >= 15 is 0 Å². The van der Waals surface area contributed by atoms with Crippen LogP contribution in [-0.4, -0.2) is 191 Å². The zero-order chi connectivity index (χ0) is 102. The van der Waals surface area contributed by atoms with Gasteiger partial charge < -0.3 is 51.1 Å². The van der Waals surface area contributed by atoms with E-state index in [0.717, 1.165) is 158 Å². The van der Waals surface area contributed by atoms with Crippen molar-refractivity contribution >= 4 is 156 Å². The number of pyridine rings is 2. The molecule has 0 aliphatic heterocycles. The van der Waals surface area contributed by atoms with Crippen molar-refractivity contribution in [1.82, 2.24) is 91.6 Å². The van der Waals surface area contributed by atoms with Crippen LogP contribution in [0.4, 0.5) is 86.0 Å². The van der Waals surface area contributed by atoms with Crippen molar-refractivity contribution in [2.24, 2.45) is 0 Å². The summed E-state index contributed by atoms with van der Waals surface area (Å²) in [5, 5.41) is 23.6. The molecule has 0 saturated carbocycles. The molecule has 23 aromatic rings. The molecule has 0 unspecified atom stereocenters. The molecule has 0 radical (unpaired) electrons. The summed E-state index contributed by atoms with van der Waals surface area (Å²) < 4.78 is 59.1. The van der Waals surface area contributed by atoms with Gasteiger partial charge in [0, 0.05) is 259 Å². The van der Waals surface area contributed by atoms with Crippen molar-refractivity contribution < 1.29 is 16.8 Å². The standard InChI is InChI=1S/C24H23N7.2C23H20N6.2C21H21N5O2S/c1-29(2)21-10-6-9-20(13-21)28-23-24-26-15-22(31(24)12-11-25-23)19-14-27-30(17-19)16-18-7-4-3-5-8-18;1-28(2)19-7-3-6-18(14-19)27-22-23-26-15-21(29(23)12-11-25-22)17-9-8-16-5-4-10-24-20(16)13-17;1-28(2)19-8-5-7-18(13-19)27-22-23-26-15-21(29(23)11-10-24-22)17-12-16-6-3-4-9-20(16)25-14-17;1-25(2)17-8-5-7-16(13-17)24-20-21-23-14-19(26(21)11-10-22-20)15-6-4-9-18(12-15)29(3,27)28;1-25(2)17-6-4-5-16(13-17)24-20-21-23-14-19(26(21)12-11-22-20)15-7-9-18(10-8-15)29(3,27)28/h3-15,17H,16H2,1-2H3,(H,25,28);3-15H,1-2H3,(H,25,27);3-15H,1-2H3,(H,24,27);2*4-14H,1-3H3,(H,22,24). The SMILES string of the molecule is CN(C)c1cccc(Nc2nccn3c(-c4ccc(S(C)(=O)=O)cc4)cnc23)c1.CN(C)c1cccc(Nc2nccn3c(-c4ccc5cccnc5c4)cnc23)c1.CN(C)c1cccc(Nc2nccn3c(-c4cccc(S(C)(=O)=O)c4)cnc23)c1.CN(C)c1cccc(Nc2nccn3c(-c4cnc5ccccc5c4)cnc23)c1.CN(C)c1cccc(Nc2nccn3c(-c4cnn(Cc5ccccc5)c4)cnc23)c1. The molecule has 13 heterocycles. The summed E-state index contributed by atoms with van der Waals surface area (Å²) in [7, 11) is 13.6. The van der Waals surface area contributed by atoms with E-state index < -0.39 is 19.7 Å². The van der Waals surface area contributed by atoms with E-state index in [1.807, 2.05) is 310 Å². The van der Waals surface area contributed by atoms with Crippen LogP contribution in [0.15, 0.2) is 388 Å². The number of para-hydroxylation sites is 1. The minimum absolute atomic E-state index is 0.276. The van der Waals surface area contributed by atoms with Gasteiger partial charge in [-0.05, 0) is 145 Å². The Balaban J connectivity index is 0.000000116. The van der Waals surface area contributed by atoms with E-state index in [9.17, 15) is 16.8 Å². The monoisotopic (exact) mass is 1980 g/mol. The van der Waals surface area contributed by atoms with E-state index in [-0.39, 0.29) is 4.90 Å². The zero-order valence-corrected chi connectivity index (χ0v) is 84.3. The van der Waals surface area contributed by atoms with Gasteiger partial charge in [0.25, 0.3) is 0 Å². The largest absolute Gasteiger partial charge is 0.378 e. The summed E-state index contributed by atoms with van der Waals surface area (Å²) in [6.45, 7) is 0.730. The van der Waals surface area contributed by atoms with Gasteiger partial charge in [-0.3, -0.25) is 36.7 Å². The number of aromatic nitrogens is 19. The quantitative estimate of drug-likeness (QED) is 0.0375. The number of rotatable bonds is 24. The second-order valence-electron chi connectivity index (χ2n) is 35.7. The fraction of sp³-hybridized carbons (Fsp3) is 0.116. The van der Waals surface area contributed by atoms with E-state index in [2.05, 4.69) is 196 Å². The van der Waals surface area contributed by atoms with Crippen molar-refractivity contribution in [3.63, 3.8) is 0 Å². The Bertz CT molecular complexity index is 8720. The summed E-state index contributed by atoms with van der Waals surface area (Å²) in [6.07, 6.45) is 37.3. The van der Waals surface area contributed by atoms with Crippen LogP contribution in [0.2, 0.25) is 0 Å². The van der Waals surface area contributed by atoms with Crippen molar-refractivity contribution in [1.29, 1.82) is 0 Å². The first-order valence-corrected chi connectivity index (χ1v) is 50.7. The molecule has 13 aromatic heterocycles. The van der Waals surface area contributed by atoms with Crippen LogP contribution in [0, 0.1) is 0 Å². The van der Waals surface area contributed by atoms with Gasteiger partial charge in [-0.25, -0.2) is 66.7 Å². The molecule has 10 aromatic carbocycles. The Labute approximate surface area is 849 Å². The average molecular weight is 1990 g/mol. The molecule has 0 atom stereocenters. The minimum atomic E-state index is -3.29. The van der Waals surface area contributed by atoms with E-state index in [0.29, 0.717) is 45.3 Å². The number of benzene rings is 10. The van der Waals surface area contributed by atoms with Crippen molar-refractivity contribution in [2.75, 3.05) is 134 Å². The van der Waals surface area contributed by atoms with Crippen LogP contribution in [0.5, 0.6) is 0 Å². The van der Waals surface area contributed by atoms with Crippen LogP contribution in [0.3, 0.4) is 0 Å². The number of hydrogen-bond acceptors (Lipinski definition) is 27. The third kappa shape index (κ3) is 22.3. The fourth-order valence-corrected chi connectivity index (χ4v) is 17.9. The second-order valence-corrected chi connectivity index (χ2v) is 39.8. The maximum Gasteiger partial charge on any atom is 0.180 e. The lowest BCUT2D eigenvalue weighted by Crippen LogP contribution is -2.08. The molecule has 0 aliphatic rings. The average Bonchev–Trinajstić information content (AvgIpc) is 1.67. The first-order valence-electron chi connectivity index (χ1n) is 46.9. The number of imidazole rings is 5. The van der Waals surface area contributed by atoms with Crippen molar-refractivity contribution in [3.05, 3.63) is 384 Å². The van der Waals surface area contributed by atoms with Gasteiger partial charge in [0.2, 0.25) is 0 Å². The fourth-order valence-electron chi connectivity index (χ4n) is 16.6. The number of hydrogen-bond donors (Lipinski definition) is 5. The van der Waals surface area contributed by atoms with Gasteiger partial charge in [0.05, 0.1) is 93.0 Å². The highest BCUT2D eigenvalue weighted by Crippen LogP contribution is 2.36. The lowest BCUT2D eigenvalue weighted by molar-refractivity contribution is 0.600. The maximum atomic E-state index is 11.9. The molecular weight excluding hydrogens is 1880 g/mol. The molecule has 0 fully saturated rings. The molecule has 33 nitrogen and oxygen atoms in total. The highest BCUT2D eigenvalue weighted by atomic mass is 32.2. The van der Waals surface area contributed by atoms with Crippen molar-refractivity contribution in [2.45, 2.75) is 16.3 Å². The Morgan fingerprint density at radius 3 is 1.01 bits per heavy atom. The van der Waals surface area contributed by atoms with Gasteiger partial charge >= 0.3 is 0 Å². The molecule has 0 aliphatic carbocycles. The van der Waals surface area contributed by atoms with Gasteiger partial charge in [-0.15, -0.1) is 0 Å². The van der Waals surface area contributed by atoms with Gasteiger partial charge in [-0.2, -0.15) is 5.10 Å². The topological polar surface area (TPSA) is 339 Å². The normalized spacial score (nSPS) is 11.3. The van der Waals surface area contributed by atoms with Crippen LogP contribution in [0.1, 0.15) is 5.56 Å². The lowest BCUT2D eigenvalue weighted by atomic mass is 10.1. The van der Waals surface area contributed by atoms with Crippen LogP contribution in [0.25, 0.3) is 106 Å². The molecule has 35 heteroatoms. The second kappa shape index (κ2) is 42.6. The molecule has 0 amide bonds. The van der Waals surface area contributed by atoms with Crippen LogP contribution < -0.4 is 51.1 Å². The Morgan fingerprint density at radius 2 is 0.612 bits per heavy atom. The molecule has 0 bridgehead atoms. The molecule has 0 spiro atoms. The Morgan fingerprint density at radius 1 is 0.259 bits per heavy atom. The number of fused-ring (bicyclic) bond motifs is 7. The molecular formula is C112H105N29O4S2. The lowest BCUT2D eigenvalue weighted by Gasteiger charge is -2.14. The van der Waals surface area contributed by atoms with Crippen LogP contribution >= 0.6 is 0 Å². The Hall–Kier alpha value is -18.8. The predicted octanol–water partition coefficient (Wildman–Crippen LogP) is 21.2. The molecule has 147 heavy (non-hydrogen) atoms. The number of nitrogens with zero attached hydrogens (tertiary/aromatic N) is 24. The van der Waals surface area contributed by atoms with E-state index in [1.165, 1.54) is 18.1 Å². The van der Waals surface area contributed by atoms with Crippen LogP contribution in [-0.2, 0) is 26.2 Å². The van der Waals surface area contributed by atoms with Gasteiger partial charge in [0.15, 0.2) is 77.0 Å². The Kier molecular flexibility index (Phi) is 28.1. The smallest absolute Gasteiger partial charge is 0.180 e. The molecule has 5 N–H and O–H groups in total. The van der Waals surface area contributed by atoms with Gasteiger partial charge in [0.1, 0.15) is 0 Å². The summed E-state index contributed by atoms with van der Waals surface area (Å²) in [5.74, 6) is 3.40. The highest BCUT2D eigenvalue weighted by molar-refractivity contribution is 7.91. The molecule has 734 valence electrons. The van der Waals surface area contributed by atoms with Crippen molar-refractivity contribution in [3.8, 4) is 56.3 Å². The summed E-state index contributed by atoms with van der Waals surface area (Å²) in [6, 6.07) is 85.1. The number of nitrogens with one attached hydrogen (secondary N) is 5. The third-order valence-corrected chi connectivity index (χ3v) is 26.5.